The number of benzene rings is 1. The van der Waals surface area contributed by atoms with Crippen LogP contribution in [0.1, 0.15) is 45.0 Å². The fraction of sp³-hybridized carbons (Fsp3) is 0.545. The van der Waals surface area contributed by atoms with Crippen LogP contribution in [0.15, 0.2) is 36.4 Å². The molecule has 2 atom stereocenters. The number of hydrogen-bond donors (Lipinski definition) is 0. The number of ketones is 1. The maximum atomic E-state index is 13.3. The molecule has 5 heterocycles. The first-order valence-corrected chi connectivity index (χ1v) is 9.93. The normalized spacial score (nSPS) is 38.2. The second-order valence-corrected chi connectivity index (χ2v) is 8.89. The largest absolute Gasteiger partial charge is 0.298 e. The molecule has 0 amide bonds. The number of carbonyl (C=O) groups excluding carboxylic acids is 1. The van der Waals surface area contributed by atoms with Gasteiger partial charge in [0, 0.05) is 31.6 Å². The van der Waals surface area contributed by atoms with Crippen LogP contribution in [0.3, 0.4) is 0 Å². The average molecular weight is 349 g/mol. The number of hydrogen-bond acceptors (Lipinski definition) is 4. The first kappa shape index (κ1) is 16.4. The van der Waals surface area contributed by atoms with E-state index >= 15 is 0 Å². The molecule has 1 aromatic carbocycles. The van der Waals surface area contributed by atoms with Crippen molar-refractivity contribution in [2.24, 2.45) is 10.8 Å². The van der Waals surface area contributed by atoms with Gasteiger partial charge in [0.15, 0.2) is 0 Å². The first-order chi connectivity index (χ1) is 12.5. The molecule has 4 heteroatoms. The summed E-state index contributed by atoms with van der Waals surface area (Å²) in [6.45, 7) is 7.94. The summed E-state index contributed by atoms with van der Waals surface area (Å²) in [4.78, 5) is 23.3. The van der Waals surface area contributed by atoms with Crippen molar-refractivity contribution in [3.05, 3.63) is 42.1 Å². The molecule has 26 heavy (non-hydrogen) atoms. The predicted octanol–water partition coefficient (Wildman–Crippen LogP) is 3.63. The van der Waals surface area contributed by atoms with Gasteiger partial charge in [-0.1, -0.05) is 51.0 Å². The quantitative estimate of drug-likeness (QED) is 0.845. The molecule has 0 N–H and O–H groups in total. The number of pyridine rings is 1. The summed E-state index contributed by atoms with van der Waals surface area (Å²) in [6, 6.07) is 12.7. The molecule has 4 aliphatic rings. The van der Waals surface area contributed by atoms with Gasteiger partial charge in [0.25, 0.3) is 0 Å². The molecule has 1 aromatic heterocycles. The van der Waals surface area contributed by atoms with E-state index in [1.165, 1.54) is 5.39 Å². The fourth-order valence-corrected chi connectivity index (χ4v) is 5.78. The van der Waals surface area contributed by atoms with Gasteiger partial charge in [-0.15, -0.1) is 0 Å². The molecule has 4 bridgehead atoms. The van der Waals surface area contributed by atoms with E-state index in [-0.39, 0.29) is 17.0 Å². The Hall–Kier alpha value is -1.78. The highest BCUT2D eigenvalue weighted by Gasteiger charge is 2.63. The molecule has 4 nitrogen and oxygen atoms in total. The van der Waals surface area contributed by atoms with Gasteiger partial charge in [-0.25, -0.2) is 4.98 Å². The van der Waals surface area contributed by atoms with E-state index in [0.717, 1.165) is 56.7 Å². The van der Waals surface area contributed by atoms with Crippen LogP contribution in [0.4, 0.5) is 0 Å². The lowest BCUT2D eigenvalue weighted by Crippen LogP contribution is -2.76. The zero-order valence-corrected chi connectivity index (χ0v) is 15.7. The number of carbonyl (C=O) groups is 1. The third-order valence-electron chi connectivity index (χ3n) is 6.73. The highest BCUT2D eigenvalue weighted by Crippen LogP contribution is 2.53. The van der Waals surface area contributed by atoms with Gasteiger partial charge in [0.1, 0.15) is 11.9 Å². The van der Waals surface area contributed by atoms with Crippen LogP contribution in [-0.2, 0) is 4.79 Å². The summed E-state index contributed by atoms with van der Waals surface area (Å²) in [6.07, 6.45) is 3.54. The first-order valence-electron chi connectivity index (χ1n) is 9.93. The number of nitrogens with zero attached hydrogens (tertiary/aromatic N) is 3. The maximum Gasteiger partial charge on any atom is 0.150 e. The van der Waals surface area contributed by atoms with Gasteiger partial charge in [-0.3, -0.25) is 14.6 Å². The van der Waals surface area contributed by atoms with Gasteiger partial charge >= 0.3 is 0 Å². The molecular weight excluding hydrogens is 322 g/mol. The minimum atomic E-state index is -0.211. The Morgan fingerprint density at radius 2 is 1.81 bits per heavy atom. The number of Topliss-reactive ketones (excluding diaryl/α,β-unsaturated/α-hetero) is 1. The Balaban J connectivity index is 1.53. The van der Waals surface area contributed by atoms with E-state index in [9.17, 15) is 4.79 Å². The molecule has 0 spiro atoms. The molecule has 4 saturated heterocycles. The van der Waals surface area contributed by atoms with E-state index in [1.54, 1.807) is 0 Å². The molecule has 4 fully saturated rings. The van der Waals surface area contributed by atoms with Crippen LogP contribution in [-0.4, -0.2) is 46.7 Å². The molecular formula is C22H27N3O. The summed E-state index contributed by atoms with van der Waals surface area (Å²) in [5, 5.41) is 1.19. The van der Waals surface area contributed by atoms with E-state index < -0.39 is 0 Å². The second kappa shape index (κ2) is 5.61. The summed E-state index contributed by atoms with van der Waals surface area (Å²) in [5.74, 6) is 0.524. The number of unbranched alkanes of at least 4 members (excludes halogenated alkanes) is 1. The lowest BCUT2D eigenvalue weighted by atomic mass is 9.59. The number of para-hydroxylation sites is 1. The van der Waals surface area contributed by atoms with Gasteiger partial charge in [-0.05, 0) is 18.6 Å². The second-order valence-electron chi connectivity index (χ2n) is 8.89. The Bertz CT molecular complexity index is 861. The summed E-state index contributed by atoms with van der Waals surface area (Å²) in [5.41, 5.74) is 1.82. The third-order valence-corrected chi connectivity index (χ3v) is 6.73. The van der Waals surface area contributed by atoms with Crippen molar-refractivity contribution in [3.8, 4) is 0 Å². The van der Waals surface area contributed by atoms with E-state index in [1.807, 2.05) is 0 Å². The molecule has 0 saturated carbocycles. The van der Waals surface area contributed by atoms with Crippen LogP contribution in [0.2, 0.25) is 0 Å². The molecule has 0 radical (unpaired) electrons. The molecule has 0 aliphatic carbocycles. The lowest BCUT2D eigenvalue weighted by Gasteiger charge is -2.65. The topological polar surface area (TPSA) is 36.4 Å². The fourth-order valence-electron chi connectivity index (χ4n) is 5.78. The van der Waals surface area contributed by atoms with Crippen molar-refractivity contribution in [2.75, 3.05) is 26.2 Å². The van der Waals surface area contributed by atoms with E-state index in [4.69, 9.17) is 4.98 Å². The van der Waals surface area contributed by atoms with Gasteiger partial charge in [-0.2, -0.15) is 0 Å². The van der Waals surface area contributed by atoms with Gasteiger partial charge in [0.05, 0.1) is 22.0 Å². The van der Waals surface area contributed by atoms with Crippen molar-refractivity contribution in [3.63, 3.8) is 0 Å². The smallest absolute Gasteiger partial charge is 0.150 e. The molecule has 6 rings (SSSR count). The molecule has 4 aliphatic heterocycles. The van der Waals surface area contributed by atoms with Crippen molar-refractivity contribution >= 4 is 16.7 Å². The Kier molecular flexibility index (Phi) is 3.54. The average Bonchev–Trinajstić information content (AvgIpc) is 2.63. The Labute approximate surface area is 155 Å². The van der Waals surface area contributed by atoms with Crippen molar-refractivity contribution < 1.29 is 4.79 Å². The number of rotatable bonds is 4. The van der Waals surface area contributed by atoms with Crippen molar-refractivity contribution in [2.45, 2.75) is 39.3 Å². The van der Waals surface area contributed by atoms with Crippen LogP contribution in [0.25, 0.3) is 10.9 Å². The van der Waals surface area contributed by atoms with Crippen molar-refractivity contribution in [1.29, 1.82) is 0 Å². The van der Waals surface area contributed by atoms with Crippen LogP contribution in [0, 0.1) is 10.8 Å². The molecule has 136 valence electrons. The maximum absolute atomic E-state index is 13.3. The molecule has 2 aromatic rings. The highest BCUT2D eigenvalue weighted by atomic mass is 16.1. The number of aromatic nitrogens is 1. The minimum absolute atomic E-state index is 0.158. The van der Waals surface area contributed by atoms with Gasteiger partial charge < -0.3 is 0 Å². The Morgan fingerprint density at radius 3 is 2.54 bits per heavy atom. The lowest BCUT2D eigenvalue weighted by molar-refractivity contribution is -0.202. The third kappa shape index (κ3) is 2.21. The molecule has 2 unspecified atom stereocenters. The predicted molar refractivity (Wildman–Crippen MR) is 103 cm³/mol. The Morgan fingerprint density at radius 1 is 1.08 bits per heavy atom. The van der Waals surface area contributed by atoms with E-state index in [0.29, 0.717) is 5.78 Å². The monoisotopic (exact) mass is 349 g/mol. The standard InChI is InChI=1S/C22H27N3O/c1-3-4-11-22-14-24-12-21(2,20(22)26)13-25(15-22)19(24)18-10-9-16-7-5-6-8-17(16)23-18/h5-10,19H,3-4,11-15H2,1-2H3. The SMILES string of the molecule is CCCCC12CN3CC(C)(CN(C1)C3c1ccc3ccccc3n1)C2=O. The van der Waals surface area contributed by atoms with Crippen molar-refractivity contribution in [1.82, 2.24) is 14.8 Å². The summed E-state index contributed by atoms with van der Waals surface area (Å²) >= 11 is 0. The summed E-state index contributed by atoms with van der Waals surface area (Å²) in [7, 11) is 0. The zero-order chi connectivity index (χ0) is 17.9. The number of fused-ring (bicyclic) bond motifs is 1. The van der Waals surface area contributed by atoms with E-state index in [2.05, 4.69) is 60.0 Å². The minimum Gasteiger partial charge on any atom is -0.298 e. The summed E-state index contributed by atoms with van der Waals surface area (Å²) < 4.78 is 0. The van der Waals surface area contributed by atoms with Crippen LogP contribution < -0.4 is 0 Å². The van der Waals surface area contributed by atoms with Crippen LogP contribution in [0.5, 0.6) is 0 Å². The van der Waals surface area contributed by atoms with Gasteiger partial charge in [0.2, 0.25) is 0 Å². The number of piperidine rings is 2. The highest BCUT2D eigenvalue weighted by molar-refractivity contribution is 5.93. The van der Waals surface area contributed by atoms with Crippen LogP contribution >= 0.6 is 0 Å². The zero-order valence-electron chi connectivity index (χ0n) is 15.7.